The third kappa shape index (κ3) is 3.24. The molecule has 1 aliphatic rings. The average Bonchev–Trinajstić information content (AvgIpc) is 2.68. The molecule has 2 rings (SSSR count). The molecule has 1 saturated heterocycles. The first kappa shape index (κ1) is 16.8. The van der Waals surface area contributed by atoms with Crippen molar-refractivity contribution < 1.29 is 9.31 Å². The number of nitrogens with zero attached hydrogens (tertiary/aromatic N) is 2. The molecule has 0 aliphatic carbocycles. The van der Waals surface area contributed by atoms with Crippen molar-refractivity contribution in [2.45, 2.75) is 38.9 Å². The van der Waals surface area contributed by atoms with Crippen LogP contribution in [0.3, 0.4) is 0 Å². The van der Waals surface area contributed by atoms with E-state index in [0.717, 1.165) is 12.0 Å². The molecule has 0 amide bonds. The Labute approximate surface area is 132 Å². The van der Waals surface area contributed by atoms with Crippen molar-refractivity contribution in [3.05, 3.63) is 17.8 Å². The maximum Gasteiger partial charge on any atom is 0.496 e. The van der Waals surface area contributed by atoms with Crippen LogP contribution in [0.4, 0.5) is 5.82 Å². The van der Waals surface area contributed by atoms with E-state index < -0.39 is 18.3 Å². The summed E-state index contributed by atoms with van der Waals surface area (Å²) in [5, 5.41) is 15.5. The second-order valence-corrected chi connectivity index (χ2v) is 6.40. The average molecular weight is 302 g/mol. The quantitative estimate of drug-likeness (QED) is 0.621. The molecule has 0 aromatic carbocycles. The van der Waals surface area contributed by atoms with Crippen molar-refractivity contribution in [3.8, 4) is 6.07 Å². The van der Waals surface area contributed by atoms with Crippen molar-refractivity contribution in [1.82, 2.24) is 10.3 Å². The molecule has 0 saturated carbocycles. The smallest absolute Gasteiger partial charge is 0.399 e. The van der Waals surface area contributed by atoms with Gasteiger partial charge in [0.1, 0.15) is 11.9 Å². The number of hydrogen-bond donors (Lipinski definition) is 2. The molecule has 118 valence electrons. The minimum absolute atomic E-state index is 0.409. The lowest BCUT2D eigenvalue weighted by molar-refractivity contribution is 0.00578. The van der Waals surface area contributed by atoms with Crippen LogP contribution in [0.15, 0.2) is 12.3 Å². The van der Waals surface area contributed by atoms with Crippen molar-refractivity contribution in [1.29, 1.82) is 5.26 Å². The molecule has 0 radical (unpaired) electrons. The van der Waals surface area contributed by atoms with Crippen LogP contribution in [0.25, 0.3) is 0 Å². The SMILES string of the molecule is CNCCNc1ncc(B2OC(C)(C)C(C)(C)O2)cc1C#N. The van der Waals surface area contributed by atoms with E-state index in [-0.39, 0.29) is 0 Å². The minimum Gasteiger partial charge on any atom is -0.399 e. The Kier molecular flexibility index (Phi) is 4.76. The molecule has 1 fully saturated rings. The van der Waals surface area contributed by atoms with E-state index in [4.69, 9.17) is 9.31 Å². The number of likely N-dealkylation sites (N-methyl/N-ethyl adjacent to an activating group) is 1. The molecule has 7 heteroatoms. The Hall–Kier alpha value is -1.62. The fourth-order valence-electron chi connectivity index (χ4n) is 2.12. The van der Waals surface area contributed by atoms with Gasteiger partial charge in [-0.2, -0.15) is 5.26 Å². The van der Waals surface area contributed by atoms with Crippen molar-refractivity contribution >= 4 is 18.4 Å². The first-order valence-corrected chi connectivity index (χ1v) is 7.45. The molecule has 22 heavy (non-hydrogen) atoms. The predicted molar refractivity (Wildman–Crippen MR) is 87.1 cm³/mol. The number of nitriles is 1. The van der Waals surface area contributed by atoms with E-state index in [1.54, 1.807) is 12.3 Å². The summed E-state index contributed by atoms with van der Waals surface area (Å²) < 4.78 is 12.0. The summed E-state index contributed by atoms with van der Waals surface area (Å²) in [6.45, 7) is 9.50. The molecule has 1 aromatic heterocycles. The highest BCUT2D eigenvalue weighted by atomic mass is 16.7. The lowest BCUT2D eigenvalue weighted by atomic mass is 9.79. The molecule has 1 aliphatic heterocycles. The lowest BCUT2D eigenvalue weighted by Gasteiger charge is -2.32. The fourth-order valence-corrected chi connectivity index (χ4v) is 2.12. The van der Waals surface area contributed by atoms with E-state index in [9.17, 15) is 5.26 Å². The van der Waals surface area contributed by atoms with Gasteiger partial charge in [-0.3, -0.25) is 0 Å². The van der Waals surface area contributed by atoms with Crippen LogP contribution < -0.4 is 16.1 Å². The van der Waals surface area contributed by atoms with Crippen LogP contribution in [0, 0.1) is 11.3 Å². The van der Waals surface area contributed by atoms with Crippen LogP contribution in [-0.4, -0.2) is 43.4 Å². The Balaban J connectivity index is 2.19. The molecule has 6 nitrogen and oxygen atoms in total. The molecule has 0 atom stereocenters. The van der Waals surface area contributed by atoms with E-state index in [2.05, 4.69) is 21.7 Å². The summed E-state index contributed by atoms with van der Waals surface area (Å²) in [6.07, 6.45) is 1.70. The highest BCUT2D eigenvalue weighted by molar-refractivity contribution is 6.62. The second kappa shape index (κ2) is 6.25. The Morgan fingerprint density at radius 2 is 1.86 bits per heavy atom. The van der Waals surface area contributed by atoms with Gasteiger partial charge < -0.3 is 19.9 Å². The number of hydrogen-bond acceptors (Lipinski definition) is 6. The molecule has 0 spiro atoms. The lowest BCUT2D eigenvalue weighted by Crippen LogP contribution is -2.41. The van der Waals surface area contributed by atoms with Gasteiger partial charge in [-0.25, -0.2) is 4.98 Å². The maximum absolute atomic E-state index is 9.32. The van der Waals surface area contributed by atoms with Gasteiger partial charge in [-0.15, -0.1) is 0 Å². The molecule has 1 aromatic rings. The van der Waals surface area contributed by atoms with Gasteiger partial charge in [-0.1, -0.05) is 0 Å². The third-order valence-electron chi connectivity index (χ3n) is 4.22. The highest BCUT2D eigenvalue weighted by Crippen LogP contribution is 2.36. The first-order chi connectivity index (χ1) is 10.3. The molecular weight excluding hydrogens is 279 g/mol. The van der Waals surface area contributed by atoms with E-state index in [1.165, 1.54) is 0 Å². The van der Waals surface area contributed by atoms with Gasteiger partial charge in [0.15, 0.2) is 0 Å². The van der Waals surface area contributed by atoms with Crippen molar-refractivity contribution in [3.63, 3.8) is 0 Å². The minimum atomic E-state index is -0.504. The zero-order valence-corrected chi connectivity index (χ0v) is 13.9. The number of aromatic nitrogens is 1. The Bertz CT molecular complexity index is 567. The van der Waals surface area contributed by atoms with Gasteiger partial charge in [0, 0.05) is 24.7 Å². The van der Waals surface area contributed by atoms with Crippen LogP contribution in [-0.2, 0) is 9.31 Å². The topological polar surface area (TPSA) is 79.2 Å². The third-order valence-corrected chi connectivity index (χ3v) is 4.22. The van der Waals surface area contributed by atoms with Crippen LogP contribution in [0.1, 0.15) is 33.3 Å². The summed E-state index contributed by atoms with van der Waals surface area (Å²) in [6, 6.07) is 3.95. The van der Waals surface area contributed by atoms with Crippen LogP contribution in [0.5, 0.6) is 0 Å². The molecule has 2 heterocycles. The van der Waals surface area contributed by atoms with Crippen LogP contribution in [0.2, 0.25) is 0 Å². The zero-order valence-electron chi connectivity index (χ0n) is 13.9. The Morgan fingerprint density at radius 3 is 2.41 bits per heavy atom. The predicted octanol–water partition coefficient (Wildman–Crippen LogP) is 0.884. The normalized spacial score (nSPS) is 19.0. The number of nitrogens with one attached hydrogen (secondary N) is 2. The summed E-state index contributed by atoms with van der Waals surface area (Å²) >= 11 is 0. The van der Waals surface area contributed by atoms with Gasteiger partial charge in [0.05, 0.1) is 16.8 Å². The standard InChI is InChI=1S/C15H23BN4O2/c1-14(2)15(3,4)22-16(21-14)12-8-11(9-17)13(20-10-12)19-7-6-18-5/h8,10,18H,6-7H2,1-5H3,(H,19,20). The zero-order chi connectivity index (χ0) is 16.4. The van der Waals surface area contributed by atoms with Crippen LogP contribution >= 0.6 is 0 Å². The van der Waals surface area contributed by atoms with Gasteiger partial charge in [0.2, 0.25) is 0 Å². The summed E-state index contributed by atoms with van der Waals surface area (Å²) in [5.74, 6) is 0.581. The van der Waals surface area contributed by atoms with Gasteiger partial charge in [0.25, 0.3) is 0 Å². The van der Waals surface area contributed by atoms with Crippen molar-refractivity contribution in [2.24, 2.45) is 0 Å². The fraction of sp³-hybridized carbons (Fsp3) is 0.600. The highest BCUT2D eigenvalue weighted by Gasteiger charge is 2.51. The number of rotatable bonds is 5. The maximum atomic E-state index is 9.32. The van der Waals surface area contributed by atoms with Gasteiger partial charge >= 0.3 is 7.12 Å². The monoisotopic (exact) mass is 302 g/mol. The molecule has 2 N–H and O–H groups in total. The molecule has 0 unspecified atom stereocenters. The summed E-state index contributed by atoms with van der Waals surface area (Å²) in [7, 11) is 1.37. The van der Waals surface area contributed by atoms with Gasteiger partial charge in [-0.05, 0) is 40.8 Å². The van der Waals surface area contributed by atoms with E-state index in [0.29, 0.717) is 17.9 Å². The molecular formula is C15H23BN4O2. The van der Waals surface area contributed by atoms with E-state index in [1.807, 2.05) is 34.7 Å². The number of pyridine rings is 1. The second-order valence-electron chi connectivity index (χ2n) is 6.40. The largest absolute Gasteiger partial charge is 0.496 e. The summed E-state index contributed by atoms with van der Waals surface area (Å²) in [5.41, 5.74) is 0.431. The summed E-state index contributed by atoms with van der Waals surface area (Å²) in [4.78, 5) is 4.34. The Morgan fingerprint density at radius 1 is 1.23 bits per heavy atom. The number of anilines is 1. The first-order valence-electron chi connectivity index (χ1n) is 7.45. The molecule has 0 bridgehead atoms. The van der Waals surface area contributed by atoms with E-state index >= 15 is 0 Å². The van der Waals surface area contributed by atoms with Crippen molar-refractivity contribution in [2.75, 3.05) is 25.5 Å².